The van der Waals surface area contributed by atoms with Crippen molar-refractivity contribution >= 4 is 0 Å². The van der Waals surface area contributed by atoms with Crippen LogP contribution in [0.15, 0.2) is 30.3 Å². The largest absolute Gasteiger partial charge is 0.394 e. The van der Waals surface area contributed by atoms with Crippen LogP contribution in [0.25, 0.3) is 0 Å². The Bertz CT molecular complexity index is 372. The van der Waals surface area contributed by atoms with E-state index in [4.69, 9.17) is 9.84 Å². The number of nitrogens with zero attached hydrogens (tertiary/aromatic N) is 1. The maximum atomic E-state index is 8.63. The first-order valence-electron chi connectivity index (χ1n) is 7.49. The number of hydrogen-bond donors (Lipinski definition) is 2. The third-order valence-electron chi connectivity index (χ3n) is 3.85. The fourth-order valence-electron chi connectivity index (χ4n) is 2.79. The van der Waals surface area contributed by atoms with Crippen LogP contribution in [0.1, 0.15) is 18.9 Å². The van der Waals surface area contributed by atoms with Gasteiger partial charge in [0.25, 0.3) is 0 Å². The molecule has 1 heterocycles. The summed E-state index contributed by atoms with van der Waals surface area (Å²) in [5, 5.41) is 12.2. The molecule has 0 spiro atoms. The van der Waals surface area contributed by atoms with Gasteiger partial charge in [-0.15, -0.1) is 0 Å². The van der Waals surface area contributed by atoms with Crippen molar-refractivity contribution in [3.8, 4) is 0 Å². The number of aliphatic hydroxyl groups is 1. The van der Waals surface area contributed by atoms with Crippen LogP contribution < -0.4 is 5.32 Å². The van der Waals surface area contributed by atoms with E-state index in [9.17, 15) is 0 Å². The zero-order valence-electron chi connectivity index (χ0n) is 12.3. The lowest BCUT2D eigenvalue weighted by atomic mass is 10.2. The first-order valence-corrected chi connectivity index (χ1v) is 7.49. The van der Waals surface area contributed by atoms with Crippen molar-refractivity contribution in [3.05, 3.63) is 35.9 Å². The average Bonchev–Trinajstić information content (AvgIpc) is 2.80. The molecular formula is C16H26N2O2. The van der Waals surface area contributed by atoms with Crippen molar-refractivity contribution in [1.29, 1.82) is 0 Å². The van der Waals surface area contributed by atoms with E-state index in [2.05, 4.69) is 47.5 Å². The Morgan fingerprint density at radius 3 is 2.85 bits per heavy atom. The Morgan fingerprint density at radius 2 is 2.10 bits per heavy atom. The molecule has 1 aromatic carbocycles. The monoisotopic (exact) mass is 278 g/mol. The number of benzene rings is 1. The van der Waals surface area contributed by atoms with Gasteiger partial charge in [0.05, 0.1) is 19.8 Å². The topological polar surface area (TPSA) is 44.7 Å². The maximum Gasteiger partial charge on any atom is 0.0698 e. The Kier molecular flexibility index (Phi) is 6.47. The van der Waals surface area contributed by atoms with Gasteiger partial charge in [0, 0.05) is 31.7 Å². The summed E-state index contributed by atoms with van der Waals surface area (Å²) in [4.78, 5) is 2.53. The molecule has 0 bridgehead atoms. The molecule has 112 valence electrons. The van der Waals surface area contributed by atoms with Crippen LogP contribution in [0.4, 0.5) is 0 Å². The summed E-state index contributed by atoms with van der Waals surface area (Å²) in [6.07, 6.45) is 1.19. The molecule has 4 nitrogen and oxygen atoms in total. The highest BCUT2D eigenvalue weighted by Gasteiger charge is 2.28. The van der Waals surface area contributed by atoms with Gasteiger partial charge in [-0.25, -0.2) is 0 Å². The molecule has 1 saturated heterocycles. The van der Waals surface area contributed by atoms with Crippen LogP contribution in [0.3, 0.4) is 0 Å². The van der Waals surface area contributed by atoms with Crippen molar-refractivity contribution in [2.24, 2.45) is 0 Å². The van der Waals surface area contributed by atoms with E-state index >= 15 is 0 Å². The van der Waals surface area contributed by atoms with Crippen LogP contribution in [0.2, 0.25) is 0 Å². The zero-order chi connectivity index (χ0) is 14.2. The van der Waals surface area contributed by atoms with Crippen molar-refractivity contribution in [3.63, 3.8) is 0 Å². The van der Waals surface area contributed by atoms with Crippen molar-refractivity contribution in [2.75, 3.05) is 32.9 Å². The highest BCUT2D eigenvalue weighted by atomic mass is 16.5. The number of ether oxygens (including phenoxy) is 1. The molecule has 2 rings (SSSR count). The quantitative estimate of drug-likeness (QED) is 0.703. The lowest BCUT2D eigenvalue weighted by Crippen LogP contribution is -2.34. The van der Waals surface area contributed by atoms with Crippen molar-refractivity contribution in [2.45, 2.75) is 32.0 Å². The van der Waals surface area contributed by atoms with Gasteiger partial charge in [-0.05, 0) is 18.9 Å². The number of likely N-dealkylation sites (tertiary alicyclic amines) is 1. The summed E-state index contributed by atoms with van der Waals surface area (Å²) in [5.41, 5.74) is 1.38. The van der Waals surface area contributed by atoms with Gasteiger partial charge in [-0.2, -0.15) is 0 Å². The third kappa shape index (κ3) is 4.87. The molecule has 2 N–H and O–H groups in total. The van der Waals surface area contributed by atoms with E-state index in [-0.39, 0.29) is 6.61 Å². The molecule has 1 aliphatic rings. The van der Waals surface area contributed by atoms with E-state index < -0.39 is 0 Å². The van der Waals surface area contributed by atoms with Crippen LogP contribution >= 0.6 is 0 Å². The highest BCUT2D eigenvalue weighted by molar-refractivity contribution is 5.15. The molecule has 2 atom stereocenters. The number of aliphatic hydroxyl groups excluding tert-OH is 1. The lowest BCUT2D eigenvalue weighted by Gasteiger charge is -2.20. The minimum Gasteiger partial charge on any atom is -0.394 e. The predicted octanol–water partition coefficient (Wildman–Crippen LogP) is 1.25. The summed E-state index contributed by atoms with van der Waals surface area (Å²) >= 11 is 0. The normalized spacial score (nSPS) is 23.3. The van der Waals surface area contributed by atoms with E-state index in [1.807, 2.05) is 0 Å². The average molecular weight is 278 g/mol. The van der Waals surface area contributed by atoms with Crippen molar-refractivity contribution < 1.29 is 9.84 Å². The maximum absolute atomic E-state index is 8.63. The number of rotatable bonds is 8. The fraction of sp³-hybridized carbons (Fsp3) is 0.625. The second kappa shape index (κ2) is 8.37. The van der Waals surface area contributed by atoms with Crippen LogP contribution in [0, 0.1) is 0 Å². The first kappa shape index (κ1) is 15.4. The van der Waals surface area contributed by atoms with Crippen molar-refractivity contribution in [1.82, 2.24) is 10.2 Å². The van der Waals surface area contributed by atoms with Crippen LogP contribution in [-0.2, 0) is 11.3 Å². The third-order valence-corrected chi connectivity index (χ3v) is 3.85. The predicted molar refractivity (Wildman–Crippen MR) is 80.6 cm³/mol. The molecule has 20 heavy (non-hydrogen) atoms. The molecule has 0 aliphatic carbocycles. The molecule has 0 amide bonds. The summed E-state index contributed by atoms with van der Waals surface area (Å²) in [5.74, 6) is 0. The van der Waals surface area contributed by atoms with E-state index in [0.717, 1.165) is 19.6 Å². The minimum absolute atomic E-state index is 0.102. The van der Waals surface area contributed by atoms with E-state index in [1.54, 1.807) is 0 Å². The Morgan fingerprint density at radius 1 is 1.30 bits per heavy atom. The standard InChI is InChI=1S/C16H26N2O2/c1-14-11-16(17-7-9-20-10-8-19)13-18(14)12-15-5-3-2-4-6-15/h2-6,14,16-17,19H,7-13H2,1H3. The van der Waals surface area contributed by atoms with Gasteiger partial charge in [0.2, 0.25) is 0 Å². The molecule has 4 heteroatoms. The second-order valence-electron chi connectivity index (χ2n) is 5.49. The molecule has 0 aromatic heterocycles. The molecule has 1 aliphatic heterocycles. The Hall–Kier alpha value is -0.940. The Balaban J connectivity index is 1.69. The fourth-order valence-corrected chi connectivity index (χ4v) is 2.79. The summed E-state index contributed by atoms with van der Waals surface area (Å²) in [6, 6.07) is 11.8. The molecule has 1 fully saturated rings. The second-order valence-corrected chi connectivity index (χ2v) is 5.49. The minimum atomic E-state index is 0.102. The van der Waals surface area contributed by atoms with Gasteiger partial charge in [-0.3, -0.25) is 4.90 Å². The van der Waals surface area contributed by atoms with Gasteiger partial charge in [0.1, 0.15) is 0 Å². The smallest absolute Gasteiger partial charge is 0.0698 e. The Labute approximate surface area is 121 Å². The van der Waals surface area contributed by atoms with E-state index in [0.29, 0.717) is 25.3 Å². The van der Waals surface area contributed by atoms with Crippen LogP contribution in [0.5, 0.6) is 0 Å². The number of hydrogen-bond acceptors (Lipinski definition) is 4. The lowest BCUT2D eigenvalue weighted by molar-refractivity contribution is 0.0926. The van der Waals surface area contributed by atoms with Crippen LogP contribution in [-0.4, -0.2) is 55.0 Å². The molecule has 2 unspecified atom stereocenters. The molecule has 0 radical (unpaired) electrons. The van der Waals surface area contributed by atoms with E-state index in [1.165, 1.54) is 12.0 Å². The van der Waals surface area contributed by atoms with Gasteiger partial charge >= 0.3 is 0 Å². The first-order chi connectivity index (χ1) is 9.79. The summed E-state index contributed by atoms with van der Waals surface area (Å²) < 4.78 is 5.27. The number of nitrogens with one attached hydrogen (secondary N) is 1. The van der Waals surface area contributed by atoms with Gasteiger partial charge in [-0.1, -0.05) is 30.3 Å². The van der Waals surface area contributed by atoms with Gasteiger partial charge in [0.15, 0.2) is 0 Å². The summed E-state index contributed by atoms with van der Waals surface area (Å²) in [7, 11) is 0. The highest BCUT2D eigenvalue weighted by Crippen LogP contribution is 2.19. The molecule has 1 aromatic rings. The zero-order valence-corrected chi connectivity index (χ0v) is 12.3. The van der Waals surface area contributed by atoms with Gasteiger partial charge < -0.3 is 15.2 Å². The molecule has 0 saturated carbocycles. The molecular weight excluding hydrogens is 252 g/mol. The SMILES string of the molecule is CC1CC(NCCOCCO)CN1Cc1ccccc1. The summed E-state index contributed by atoms with van der Waals surface area (Å²) in [6.45, 7) is 6.49.